The SMILES string of the molecule is CCOc1cc([C@@H]2C(=C(O)c3ccc4c(c3)C[C@@H](C)O4)C(=O)C(=O)N2c2nc3c(C)cc(C)cc3s2)ccc1O. The largest absolute Gasteiger partial charge is 0.507 e. The third-order valence-corrected chi connectivity index (χ3v) is 8.24. The lowest BCUT2D eigenvalue weighted by Gasteiger charge is -2.23. The minimum absolute atomic E-state index is 0.0121. The number of aliphatic hydroxyl groups is 1. The molecule has 2 aliphatic heterocycles. The van der Waals surface area contributed by atoms with Gasteiger partial charge in [0.1, 0.15) is 17.6 Å². The van der Waals surface area contributed by atoms with Gasteiger partial charge in [0.25, 0.3) is 5.78 Å². The molecule has 0 bridgehead atoms. The molecule has 2 atom stereocenters. The number of benzene rings is 3. The Labute approximate surface area is 235 Å². The topological polar surface area (TPSA) is 109 Å². The van der Waals surface area contributed by atoms with E-state index < -0.39 is 17.7 Å². The molecule has 3 aromatic carbocycles. The van der Waals surface area contributed by atoms with Crippen molar-refractivity contribution in [2.75, 3.05) is 11.5 Å². The van der Waals surface area contributed by atoms with Crippen molar-refractivity contribution in [1.82, 2.24) is 4.98 Å². The Morgan fingerprint density at radius 1 is 1.15 bits per heavy atom. The van der Waals surface area contributed by atoms with Crippen molar-refractivity contribution in [2.24, 2.45) is 0 Å². The van der Waals surface area contributed by atoms with Gasteiger partial charge in [0.2, 0.25) is 0 Å². The van der Waals surface area contributed by atoms with Crippen LogP contribution in [0.5, 0.6) is 17.2 Å². The molecule has 4 aromatic rings. The van der Waals surface area contributed by atoms with Crippen LogP contribution in [0.1, 0.15) is 47.7 Å². The lowest BCUT2D eigenvalue weighted by atomic mass is 9.94. The second-order valence-corrected chi connectivity index (χ2v) is 11.2. The maximum absolute atomic E-state index is 13.7. The smallest absolute Gasteiger partial charge is 0.301 e. The van der Waals surface area contributed by atoms with E-state index in [0.29, 0.717) is 29.3 Å². The summed E-state index contributed by atoms with van der Waals surface area (Å²) in [6.45, 7) is 8.02. The first-order valence-corrected chi connectivity index (χ1v) is 13.9. The highest BCUT2D eigenvalue weighted by atomic mass is 32.1. The number of fused-ring (bicyclic) bond motifs is 2. The van der Waals surface area contributed by atoms with Crippen molar-refractivity contribution in [3.63, 3.8) is 0 Å². The number of nitrogens with zero attached hydrogens (tertiary/aromatic N) is 2. The summed E-state index contributed by atoms with van der Waals surface area (Å²) in [5.74, 6) is -1.00. The zero-order valence-electron chi connectivity index (χ0n) is 22.5. The molecule has 1 fully saturated rings. The molecule has 0 aliphatic carbocycles. The summed E-state index contributed by atoms with van der Waals surface area (Å²) in [7, 11) is 0. The number of ketones is 1. The van der Waals surface area contributed by atoms with E-state index in [-0.39, 0.29) is 28.9 Å². The number of Topliss-reactive ketones (excluding diaryl/α,β-unsaturated/α-hetero) is 1. The second kappa shape index (κ2) is 9.67. The van der Waals surface area contributed by atoms with Crippen LogP contribution in [0.25, 0.3) is 16.0 Å². The number of carbonyl (C=O) groups is 2. The third kappa shape index (κ3) is 4.17. The number of hydrogen-bond acceptors (Lipinski definition) is 8. The van der Waals surface area contributed by atoms with Gasteiger partial charge in [0, 0.05) is 12.0 Å². The Kier molecular flexibility index (Phi) is 6.26. The van der Waals surface area contributed by atoms with Crippen LogP contribution in [0.3, 0.4) is 0 Å². The highest BCUT2D eigenvalue weighted by Gasteiger charge is 2.48. The fourth-order valence-corrected chi connectivity index (χ4v) is 6.67. The standard InChI is InChI=1S/C31H28N2O6S/c1-5-38-23-14-18(6-8-21(23)34)27-25(28(35)19-7-9-22-20(13-19)12-17(4)39-22)29(36)30(37)33(27)31-32-26-16(3)10-15(2)11-24(26)40-31/h6-11,13-14,17,27,34-35H,5,12H2,1-4H3/t17-,27-/m1/s1. The Balaban J connectivity index is 1.56. The number of rotatable bonds is 5. The molecule has 1 aromatic heterocycles. The van der Waals surface area contributed by atoms with Crippen molar-refractivity contribution < 1.29 is 29.3 Å². The molecule has 1 amide bonds. The number of thiazole rings is 1. The number of ether oxygens (including phenoxy) is 2. The minimum atomic E-state index is -0.995. The molecule has 9 heteroatoms. The lowest BCUT2D eigenvalue weighted by molar-refractivity contribution is -0.132. The van der Waals surface area contributed by atoms with E-state index >= 15 is 0 Å². The van der Waals surface area contributed by atoms with Crippen molar-refractivity contribution in [3.8, 4) is 17.2 Å². The van der Waals surface area contributed by atoms with Crippen LogP contribution in [0.4, 0.5) is 5.13 Å². The average Bonchev–Trinajstić information content (AvgIpc) is 3.57. The van der Waals surface area contributed by atoms with Crippen LogP contribution >= 0.6 is 11.3 Å². The number of anilines is 1. The Bertz CT molecular complexity index is 1740. The average molecular weight is 557 g/mol. The molecule has 204 valence electrons. The number of aromatic nitrogens is 1. The van der Waals surface area contributed by atoms with Gasteiger partial charge >= 0.3 is 5.91 Å². The predicted molar refractivity (Wildman–Crippen MR) is 153 cm³/mol. The van der Waals surface area contributed by atoms with Crippen molar-refractivity contribution in [1.29, 1.82) is 0 Å². The molecule has 6 rings (SSSR count). The molecule has 0 saturated carbocycles. The van der Waals surface area contributed by atoms with Crippen molar-refractivity contribution in [3.05, 3.63) is 81.9 Å². The normalized spacial score (nSPS) is 19.8. The fraction of sp³-hybridized carbons (Fsp3) is 0.258. The molecule has 1 saturated heterocycles. The van der Waals surface area contributed by atoms with Gasteiger partial charge in [-0.25, -0.2) is 4.98 Å². The maximum Gasteiger partial charge on any atom is 0.301 e. The van der Waals surface area contributed by atoms with Crippen LogP contribution in [0.2, 0.25) is 0 Å². The molecular weight excluding hydrogens is 528 g/mol. The van der Waals surface area contributed by atoms with Gasteiger partial charge in [-0.2, -0.15) is 0 Å². The molecule has 0 radical (unpaired) electrons. The van der Waals surface area contributed by atoms with E-state index in [1.165, 1.54) is 22.3 Å². The number of carbonyl (C=O) groups excluding carboxylic acids is 2. The van der Waals surface area contributed by atoms with Gasteiger partial charge < -0.3 is 19.7 Å². The third-order valence-electron chi connectivity index (χ3n) is 7.24. The zero-order valence-corrected chi connectivity index (χ0v) is 23.3. The van der Waals surface area contributed by atoms with E-state index in [1.807, 2.05) is 32.9 Å². The fourth-order valence-electron chi connectivity index (χ4n) is 5.50. The Morgan fingerprint density at radius 3 is 2.73 bits per heavy atom. The van der Waals surface area contributed by atoms with Gasteiger partial charge in [-0.3, -0.25) is 14.5 Å². The predicted octanol–water partition coefficient (Wildman–Crippen LogP) is 5.97. The van der Waals surface area contributed by atoms with Gasteiger partial charge in [-0.1, -0.05) is 23.5 Å². The Hall–Kier alpha value is -4.37. The number of amides is 1. The highest BCUT2D eigenvalue weighted by molar-refractivity contribution is 7.22. The summed E-state index contributed by atoms with van der Waals surface area (Å²) < 4.78 is 12.3. The van der Waals surface area contributed by atoms with Crippen molar-refractivity contribution >= 4 is 44.1 Å². The summed E-state index contributed by atoms with van der Waals surface area (Å²) in [4.78, 5) is 33.4. The number of aliphatic hydroxyl groups excluding tert-OH is 1. The van der Waals surface area contributed by atoms with Gasteiger partial charge in [0.15, 0.2) is 16.6 Å². The second-order valence-electron chi connectivity index (χ2n) is 10.2. The van der Waals surface area contributed by atoms with Crippen LogP contribution in [-0.4, -0.2) is 39.6 Å². The van der Waals surface area contributed by atoms with Gasteiger partial charge in [-0.15, -0.1) is 0 Å². The van der Waals surface area contributed by atoms with E-state index in [0.717, 1.165) is 32.7 Å². The first-order valence-electron chi connectivity index (χ1n) is 13.1. The first-order chi connectivity index (χ1) is 19.2. The zero-order chi connectivity index (χ0) is 28.3. The van der Waals surface area contributed by atoms with Crippen LogP contribution in [0.15, 0.2) is 54.1 Å². The van der Waals surface area contributed by atoms with Gasteiger partial charge in [-0.05, 0) is 86.3 Å². The molecular formula is C31H28N2O6S. The summed E-state index contributed by atoms with van der Waals surface area (Å²) in [5.41, 5.74) is 4.54. The number of aryl methyl sites for hydroxylation is 2. The summed E-state index contributed by atoms with van der Waals surface area (Å²) in [5, 5.41) is 22.3. The minimum Gasteiger partial charge on any atom is -0.507 e. The number of aromatic hydroxyl groups is 1. The molecule has 0 spiro atoms. The number of phenols is 1. The summed E-state index contributed by atoms with van der Waals surface area (Å²) in [6, 6.07) is 12.9. The maximum atomic E-state index is 13.7. The summed E-state index contributed by atoms with van der Waals surface area (Å²) in [6.07, 6.45) is 0.687. The first kappa shape index (κ1) is 25.9. The molecule has 2 N–H and O–H groups in total. The Morgan fingerprint density at radius 2 is 1.95 bits per heavy atom. The highest BCUT2D eigenvalue weighted by Crippen LogP contribution is 2.46. The van der Waals surface area contributed by atoms with Gasteiger partial charge in [0.05, 0.1) is 28.4 Å². The molecule has 3 heterocycles. The number of phenolic OH excluding ortho intramolecular Hbond substituents is 1. The lowest BCUT2D eigenvalue weighted by Crippen LogP contribution is -2.29. The molecule has 8 nitrogen and oxygen atoms in total. The van der Waals surface area contributed by atoms with Crippen LogP contribution in [0, 0.1) is 13.8 Å². The molecule has 2 aliphatic rings. The van der Waals surface area contributed by atoms with Crippen LogP contribution < -0.4 is 14.4 Å². The van der Waals surface area contributed by atoms with E-state index in [4.69, 9.17) is 14.5 Å². The van der Waals surface area contributed by atoms with E-state index in [2.05, 4.69) is 0 Å². The summed E-state index contributed by atoms with van der Waals surface area (Å²) >= 11 is 1.31. The number of hydrogen-bond donors (Lipinski definition) is 2. The van der Waals surface area contributed by atoms with E-state index in [9.17, 15) is 19.8 Å². The van der Waals surface area contributed by atoms with Crippen LogP contribution in [-0.2, 0) is 16.0 Å². The molecule has 0 unspecified atom stereocenters. The monoisotopic (exact) mass is 556 g/mol. The molecule has 40 heavy (non-hydrogen) atoms. The van der Waals surface area contributed by atoms with E-state index in [1.54, 1.807) is 37.3 Å². The quantitative estimate of drug-likeness (QED) is 0.177. The van der Waals surface area contributed by atoms with Crippen molar-refractivity contribution in [2.45, 2.75) is 46.3 Å².